The lowest BCUT2D eigenvalue weighted by molar-refractivity contribution is 0.127. The number of aromatic nitrogens is 1. The molecule has 2 aliphatic heterocycles. The number of hydrogen-bond donors (Lipinski definition) is 1. The van der Waals surface area contributed by atoms with Gasteiger partial charge in [-0.3, -0.25) is 4.90 Å². The highest BCUT2D eigenvalue weighted by molar-refractivity contribution is 5.75. The van der Waals surface area contributed by atoms with E-state index in [-0.39, 0.29) is 24.7 Å². The summed E-state index contributed by atoms with van der Waals surface area (Å²) >= 11 is 0. The summed E-state index contributed by atoms with van der Waals surface area (Å²) in [6.07, 6.45) is -0.297. The molecule has 9 heteroatoms. The van der Waals surface area contributed by atoms with Crippen LogP contribution in [0.5, 0.6) is 5.75 Å². The zero-order valence-corrected chi connectivity index (χ0v) is 14.9. The Morgan fingerprint density at radius 2 is 2.15 bits per heavy atom. The number of carbonyl (C=O) groups is 2. The maximum absolute atomic E-state index is 12.4. The second kappa shape index (κ2) is 7.18. The molecule has 1 aromatic heterocycles. The maximum atomic E-state index is 12.4. The van der Waals surface area contributed by atoms with Crippen LogP contribution in [0.2, 0.25) is 0 Å². The van der Waals surface area contributed by atoms with E-state index in [1.54, 1.807) is 23.0 Å². The molecule has 142 valence electrons. The first kappa shape index (κ1) is 17.2. The SMILES string of the molecule is COc1ccc(-c2cc(CNC(=O)N3CCN4C(=O)OC[C@H]4C3)no2)cc1. The van der Waals surface area contributed by atoms with E-state index in [1.165, 1.54) is 0 Å². The number of carbonyl (C=O) groups excluding carboxylic acids is 2. The van der Waals surface area contributed by atoms with E-state index in [0.29, 0.717) is 37.7 Å². The number of nitrogens with zero attached hydrogens (tertiary/aromatic N) is 3. The topological polar surface area (TPSA) is 97.1 Å². The number of hydrogen-bond acceptors (Lipinski definition) is 6. The third kappa shape index (κ3) is 3.53. The monoisotopic (exact) mass is 372 g/mol. The minimum Gasteiger partial charge on any atom is -0.497 e. The van der Waals surface area contributed by atoms with Crippen molar-refractivity contribution in [1.29, 1.82) is 0 Å². The Hall–Kier alpha value is -3.23. The minimum absolute atomic E-state index is 0.0641. The number of methoxy groups -OCH3 is 1. The molecule has 27 heavy (non-hydrogen) atoms. The minimum atomic E-state index is -0.297. The van der Waals surface area contributed by atoms with E-state index in [4.69, 9.17) is 14.0 Å². The Morgan fingerprint density at radius 3 is 2.93 bits per heavy atom. The van der Waals surface area contributed by atoms with E-state index in [1.807, 2.05) is 24.3 Å². The Morgan fingerprint density at radius 1 is 1.33 bits per heavy atom. The van der Waals surface area contributed by atoms with E-state index in [9.17, 15) is 9.59 Å². The van der Waals surface area contributed by atoms with Gasteiger partial charge in [0, 0.05) is 31.3 Å². The van der Waals surface area contributed by atoms with Crippen LogP contribution < -0.4 is 10.1 Å². The molecule has 9 nitrogen and oxygen atoms in total. The number of cyclic esters (lactones) is 1. The van der Waals surface area contributed by atoms with Crippen molar-refractivity contribution in [2.45, 2.75) is 12.6 Å². The molecule has 1 N–H and O–H groups in total. The standard InChI is InChI=1S/C18H20N4O5/c1-25-15-4-2-12(3-5-15)16-8-13(20-27-16)9-19-17(23)21-6-7-22-14(10-21)11-26-18(22)24/h2-5,8,14H,6-7,9-11H2,1H3,(H,19,23)/t14-/m1/s1. The lowest BCUT2D eigenvalue weighted by Gasteiger charge is -2.35. The Labute approximate surface area is 155 Å². The first-order valence-corrected chi connectivity index (χ1v) is 8.70. The molecule has 0 unspecified atom stereocenters. The molecule has 1 atom stereocenters. The van der Waals surface area contributed by atoms with Crippen LogP contribution in [0, 0.1) is 0 Å². The van der Waals surface area contributed by atoms with Crippen molar-refractivity contribution in [3.05, 3.63) is 36.0 Å². The summed E-state index contributed by atoms with van der Waals surface area (Å²) in [4.78, 5) is 27.3. The average Bonchev–Trinajstić information content (AvgIpc) is 3.33. The van der Waals surface area contributed by atoms with E-state index < -0.39 is 0 Å². The molecule has 2 aliphatic rings. The molecule has 2 aromatic rings. The van der Waals surface area contributed by atoms with Gasteiger partial charge in [-0.05, 0) is 24.3 Å². The first-order valence-electron chi connectivity index (χ1n) is 8.70. The molecule has 3 heterocycles. The van der Waals surface area contributed by atoms with Gasteiger partial charge in [0.25, 0.3) is 0 Å². The van der Waals surface area contributed by atoms with Gasteiger partial charge in [0.1, 0.15) is 18.1 Å². The largest absolute Gasteiger partial charge is 0.497 e. The second-order valence-electron chi connectivity index (χ2n) is 6.44. The van der Waals surface area contributed by atoms with Gasteiger partial charge in [0.05, 0.1) is 19.7 Å². The summed E-state index contributed by atoms with van der Waals surface area (Å²) in [5, 5.41) is 6.85. The summed E-state index contributed by atoms with van der Waals surface area (Å²) < 4.78 is 15.5. The molecule has 1 aromatic carbocycles. The average molecular weight is 372 g/mol. The van der Waals surface area contributed by atoms with Crippen molar-refractivity contribution < 1.29 is 23.6 Å². The highest BCUT2D eigenvalue weighted by Gasteiger charge is 2.38. The van der Waals surface area contributed by atoms with Gasteiger partial charge in [-0.2, -0.15) is 0 Å². The normalized spacial score (nSPS) is 18.9. The third-order valence-corrected chi connectivity index (χ3v) is 4.76. The van der Waals surface area contributed by atoms with E-state index >= 15 is 0 Å². The highest BCUT2D eigenvalue weighted by atomic mass is 16.6. The van der Waals surface area contributed by atoms with Crippen molar-refractivity contribution in [2.75, 3.05) is 33.4 Å². The predicted molar refractivity (Wildman–Crippen MR) is 94.1 cm³/mol. The molecule has 0 bridgehead atoms. The molecule has 0 radical (unpaired) electrons. The van der Waals surface area contributed by atoms with Crippen molar-refractivity contribution >= 4 is 12.1 Å². The molecule has 4 rings (SSSR count). The van der Waals surface area contributed by atoms with Crippen molar-refractivity contribution in [2.24, 2.45) is 0 Å². The maximum Gasteiger partial charge on any atom is 0.410 e. The van der Waals surface area contributed by atoms with Crippen LogP contribution >= 0.6 is 0 Å². The van der Waals surface area contributed by atoms with Gasteiger partial charge >= 0.3 is 12.1 Å². The Balaban J connectivity index is 1.32. The molecular weight excluding hydrogens is 352 g/mol. The third-order valence-electron chi connectivity index (χ3n) is 4.76. The quantitative estimate of drug-likeness (QED) is 0.877. The summed E-state index contributed by atoms with van der Waals surface area (Å²) in [6.45, 7) is 2.03. The molecule has 2 saturated heterocycles. The Kier molecular flexibility index (Phi) is 4.57. The van der Waals surface area contributed by atoms with Crippen LogP contribution in [0.25, 0.3) is 11.3 Å². The summed E-state index contributed by atoms with van der Waals surface area (Å²) in [5.74, 6) is 1.39. The fraction of sp³-hybridized carbons (Fsp3) is 0.389. The summed E-state index contributed by atoms with van der Waals surface area (Å²) in [7, 11) is 1.61. The smallest absolute Gasteiger partial charge is 0.410 e. The summed E-state index contributed by atoms with van der Waals surface area (Å²) in [6, 6.07) is 8.99. The number of fused-ring (bicyclic) bond motifs is 1. The highest BCUT2D eigenvalue weighted by Crippen LogP contribution is 2.23. The lowest BCUT2D eigenvalue weighted by Crippen LogP contribution is -2.55. The predicted octanol–water partition coefficient (Wildman–Crippen LogP) is 1.70. The summed E-state index contributed by atoms with van der Waals surface area (Å²) in [5.41, 5.74) is 1.51. The molecule has 0 saturated carbocycles. The number of benzene rings is 1. The molecule has 0 spiro atoms. The fourth-order valence-electron chi connectivity index (χ4n) is 3.24. The van der Waals surface area contributed by atoms with Crippen LogP contribution in [-0.2, 0) is 11.3 Å². The van der Waals surface area contributed by atoms with Crippen LogP contribution in [0.1, 0.15) is 5.69 Å². The Bertz CT molecular complexity index is 835. The number of ether oxygens (including phenoxy) is 2. The first-order chi connectivity index (χ1) is 13.1. The number of nitrogens with one attached hydrogen (secondary N) is 1. The fourth-order valence-corrected chi connectivity index (χ4v) is 3.24. The van der Waals surface area contributed by atoms with E-state index in [0.717, 1.165) is 11.3 Å². The van der Waals surface area contributed by atoms with Crippen LogP contribution in [0.15, 0.2) is 34.9 Å². The van der Waals surface area contributed by atoms with Gasteiger partial charge in [-0.1, -0.05) is 5.16 Å². The zero-order valence-electron chi connectivity index (χ0n) is 14.9. The van der Waals surface area contributed by atoms with Gasteiger partial charge in [-0.15, -0.1) is 0 Å². The van der Waals surface area contributed by atoms with Crippen LogP contribution in [-0.4, -0.2) is 66.5 Å². The zero-order chi connectivity index (χ0) is 18.8. The second-order valence-corrected chi connectivity index (χ2v) is 6.44. The van der Waals surface area contributed by atoms with Crippen molar-refractivity contribution in [3.63, 3.8) is 0 Å². The lowest BCUT2D eigenvalue weighted by atomic mass is 10.1. The van der Waals surface area contributed by atoms with Gasteiger partial charge in [-0.25, -0.2) is 9.59 Å². The number of piperazine rings is 1. The van der Waals surface area contributed by atoms with Crippen molar-refractivity contribution in [3.8, 4) is 17.1 Å². The van der Waals surface area contributed by atoms with E-state index in [2.05, 4.69) is 10.5 Å². The van der Waals surface area contributed by atoms with Gasteiger partial charge < -0.3 is 24.2 Å². The number of amides is 3. The number of urea groups is 1. The molecule has 2 fully saturated rings. The molecule has 0 aliphatic carbocycles. The van der Waals surface area contributed by atoms with Gasteiger partial charge in [0.15, 0.2) is 5.76 Å². The van der Waals surface area contributed by atoms with Crippen molar-refractivity contribution in [1.82, 2.24) is 20.3 Å². The number of rotatable bonds is 4. The van der Waals surface area contributed by atoms with Crippen LogP contribution in [0.4, 0.5) is 9.59 Å². The molecular formula is C18H20N4O5. The van der Waals surface area contributed by atoms with Gasteiger partial charge in [0.2, 0.25) is 0 Å². The molecule has 3 amide bonds. The van der Waals surface area contributed by atoms with Crippen LogP contribution in [0.3, 0.4) is 0 Å².